The number of hydrogen-bond donors (Lipinski definition) is 1. The van der Waals surface area contributed by atoms with Crippen LogP contribution < -0.4 is 0 Å². The molecule has 0 atom stereocenters. The maximum Gasteiger partial charge on any atom is 0.317 e. The summed E-state index contributed by atoms with van der Waals surface area (Å²) in [5.41, 5.74) is 0.934. The zero-order valence-corrected chi connectivity index (χ0v) is 10.2. The van der Waals surface area contributed by atoms with Crippen LogP contribution in [0.1, 0.15) is 18.4 Å². The van der Waals surface area contributed by atoms with E-state index in [1.807, 2.05) is 11.0 Å². The average molecular weight is 255 g/mol. The number of carboxylic acid groups (broad SMARTS) is 1. The molecule has 1 heterocycles. The number of aliphatic carboxylic acids is 1. The maximum absolute atomic E-state index is 10.8. The van der Waals surface area contributed by atoms with Crippen molar-refractivity contribution in [2.75, 3.05) is 13.1 Å². The van der Waals surface area contributed by atoms with Crippen molar-refractivity contribution in [3.05, 3.63) is 29.0 Å². The minimum atomic E-state index is -0.796. The van der Waals surface area contributed by atoms with E-state index in [0.29, 0.717) is 17.5 Å². The average Bonchev–Trinajstić information content (AvgIpc) is 3.04. The molecular formula is C12H15ClN2O2. The standard InChI is InChI=1S/C12H15ClN2O2/c13-11-5-14-4-3-10(11)7-15(8-12(16)17)6-9-1-2-9/h3-5,9H,1-2,6-8H2,(H,16,17). The molecule has 0 spiro atoms. The van der Waals surface area contributed by atoms with Gasteiger partial charge in [0.2, 0.25) is 0 Å². The smallest absolute Gasteiger partial charge is 0.317 e. The van der Waals surface area contributed by atoms with Crippen LogP contribution in [-0.4, -0.2) is 34.0 Å². The van der Waals surface area contributed by atoms with Gasteiger partial charge in [0.15, 0.2) is 0 Å². The molecule has 1 aromatic heterocycles. The Kier molecular flexibility index (Phi) is 3.97. The molecule has 0 bridgehead atoms. The lowest BCUT2D eigenvalue weighted by Gasteiger charge is -2.20. The van der Waals surface area contributed by atoms with Crippen LogP contribution in [0.5, 0.6) is 0 Å². The molecule has 1 aliphatic carbocycles. The summed E-state index contributed by atoms with van der Waals surface area (Å²) in [6.07, 6.45) is 5.69. The zero-order chi connectivity index (χ0) is 12.3. The number of rotatable bonds is 6. The predicted octanol–water partition coefficient (Wildman–Crippen LogP) is 2.03. The SMILES string of the molecule is O=C(O)CN(Cc1ccncc1Cl)CC1CC1. The minimum Gasteiger partial charge on any atom is -0.480 e. The van der Waals surface area contributed by atoms with Crippen molar-refractivity contribution < 1.29 is 9.90 Å². The minimum absolute atomic E-state index is 0.0646. The summed E-state index contributed by atoms with van der Waals surface area (Å²) in [6, 6.07) is 1.84. The van der Waals surface area contributed by atoms with Crippen molar-refractivity contribution in [3.8, 4) is 0 Å². The summed E-state index contributed by atoms with van der Waals surface area (Å²) in [7, 11) is 0. The van der Waals surface area contributed by atoms with Crippen LogP contribution in [0.3, 0.4) is 0 Å². The Labute approximate surface area is 105 Å². The largest absolute Gasteiger partial charge is 0.480 e. The van der Waals surface area contributed by atoms with Gasteiger partial charge in [0, 0.05) is 25.5 Å². The molecule has 2 rings (SSSR count). The third kappa shape index (κ3) is 3.98. The van der Waals surface area contributed by atoms with Gasteiger partial charge in [-0.05, 0) is 30.4 Å². The lowest BCUT2D eigenvalue weighted by molar-refractivity contribution is -0.138. The fraction of sp³-hybridized carbons (Fsp3) is 0.500. The maximum atomic E-state index is 10.8. The number of carbonyl (C=O) groups is 1. The summed E-state index contributed by atoms with van der Waals surface area (Å²) in [4.78, 5) is 16.7. The van der Waals surface area contributed by atoms with E-state index in [-0.39, 0.29) is 6.54 Å². The number of pyridine rings is 1. The Morgan fingerprint density at radius 3 is 2.94 bits per heavy atom. The van der Waals surface area contributed by atoms with Crippen molar-refractivity contribution >= 4 is 17.6 Å². The molecular weight excluding hydrogens is 240 g/mol. The summed E-state index contributed by atoms with van der Waals surface area (Å²) < 4.78 is 0. The predicted molar refractivity (Wildman–Crippen MR) is 64.9 cm³/mol. The van der Waals surface area contributed by atoms with E-state index in [1.54, 1.807) is 12.4 Å². The van der Waals surface area contributed by atoms with E-state index >= 15 is 0 Å². The lowest BCUT2D eigenvalue weighted by atomic mass is 10.2. The van der Waals surface area contributed by atoms with Crippen molar-refractivity contribution in [1.29, 1.82) is 0 Å². The Morgan fingerprint density at radius 1 is 1.59 bits per heavy atom. The van der Waals surface area contributed by atoms with Crippen LogP contribution in [-0.2, 0) is 11.3 Å². The van der Waals surface area contributed by atoms with Gasteiger partial charge in [0.05, 0.1) is 11.6 Å². The number of halogens is 1. The molecule has 0 amide bonds. The van der Waals surface area contributed by atoms with Crippen LogP contribution in [0, 0.1) is 5.92 Å². The Hall–Kier alpha value is -1.13. The first-order valence-corrected chi connectivity index (χ1v) is 6.05. The van der Waals surface area contributed by atoms with Gasteiger partial charge < -0.3 is 5.11 Å². The highest BCUT2D eigenvalue weighted by atomic mass is 35.5. The van der Waals surface area contributed by atoms with Gasteiger partial charge in [-0.2, -0.15) is 0 Å². The molecule has 0 unspecified atom stereocenters. The molecule has 0 aliphatic heterocycles. The fourth-order valence-electron chi connectivity index (χ4n) is 1.81. The Balaban J connectivity index is 2.00. The normalized spacial score (nSPS) is 15.2. The van der Waals surface area contributed by atoms with Crippen molar-refractivity contribution in [2.24, 2.45) is 5.92 Å². The van der Waals surface area contributed by atoms with Crippen LogP contribution >= 0.6 is 11.6 Å². The topological polar surface area (TPSA) is 53.4 Å². The van der Waals surface area contributed by atoms with Crippen LogP contribution in [0.4, 0.5) is 0 Å². The van der Waals surface area contributed by atoms with Gasteiger partial charge in [-0.3, -0.25) is 14.7 Å². The highest BCUT2D eigenvalue weighted by molar-refractivity contribution is 6.31. The molecule has 1 aliphatic rings. The third-order valence-electron chi connectivity index (χ3n) is 2.82. The molecule has 0 saturated heterocycles. The van der Waals surface area contributed by atoms with Crippen LogP contribution in [0.2, 0.25) is 5.02 Å². The number of aromatic nitrogens is 1. The van der Waals surface area contributed by atoms with Gasteiger partial charge in [-0.25, -0.2) is 0 Å². The summed E-state index contributed by atoms with van der Waals surface area (Å²) in [5, 5.41) is 9.47. The van der Waals surface area contributed by atoms with Crippen LogP contribution in [0.25, 0.3) is 0 Å². The van der Waals surface area contributed by atoms with Crippen LogP contribution in [0.15, 0.2) is 18.5 Å². The summed E-state index contributed by atoms with van der Waals surface area (Å²) in [5.74, 6) is -0.134. The molecule has 1 aromatic rings. The first-order valence-electron chi connectivity index (χ1n) is 5.67. The monoisotopic (exact) mass is 254 g/mol. The second-order valence-electron chi connectivity index (χ2n) is 4.47. The number of nitrogens with zero attached hydrogens (tertiary/aromatic N) is 2. The highest BCUT2D eigenvalue weighted by Crippen LogP contribution is 2.30. The molecule has 0 radical (unpaired) electrons. The molecule has 4 nitrogen and oxygen atoms in total. The van der Waals surface area contributed by atoms with E-state index < -0.39 is 5.97 Å². The summed E-state index contributed by atoms with van der Waals surface area (Å²) >= 11 is 6.02. The molecule has 1 fully saturated rings. The van der Waals surface area contributed by atoms with E-state index in [4.69, 9.17) is 16.7 Å². The van der Waals surface area contributed by atoms with Gasteiger partial charge >= 0.3 is 5.97 Å². The number of hydrogen-bond acceptors (Lipinski definition) is 3. The molecule has 5 heteroatoms. The molecule has 1 N–H and O–H groups in total. The molecule has 0 aromatic carbocycles. The Morgan fingerprint density at radius 2 is 2.35 bits per heavy atom. The quantitative estimate of drug-likeness (QED) is 0.844. The molecule has 92 valence electrons. The van der Waals surface area contributed by atoms with E-state index in [2.05, 4.69) is 4.98 Å². The highest BCUT2D eigenvalue weighted by Gasteiger charge is 2.25. The van der Waals surface area contributed by atoms with E-state index in [9.17, 15) is 4.79 Å². The van der Waals surface area contributed by atoms with Gasteiger partial charge in [-0.1, -0.05) is 11.6 Å². The van der Waals surface area contributed by atoms with Crippen molar-refractivity contribution in [3.63, 3.8) is 0 Å². The number of carboxylic acids is 1. The molecule has 1 saturated carbocycles. The summed E-state index contributed by atoms with van der Waals surface area (Å²) in [6.45, 7) is 1.48. The first-order chi connectivity index (χ1) is 8.15. The van der Waals surface area contributed by atoms with Gasteiger partial charge in [0.25, 0.3) is 0 Å². The molecule has 17 heavy (non-hydrogen) atoms. The second kappa shape index (κ2) is 5.47. The van der Waals surface area contributed by atoms with Gasteiger partial charge in [-0.15, -0.1) is 0 Å². The van der Waals surface area contributed by atoms with E-state index in [0.717, 1.165) is 12.1 Å². The Bertz CT molecular complexity index is 407. The second-order valence-corrected chi connectivity index (χ2v) is 4.88. The zero-order valence-electron chi connectivity index (χ0n) is 9.47. The lowest BCUT2D eigenvalue weighted by Crippen LogP contribution is -2.31. The fourth-order valence-corrected chi connectivity index (χ4v) is 1.99. The van der Waals surface area contributed by atoms with Crippen molar-refractivity contribution in [1.82, 2.24) is 9.88 Å². The first kappa shape index (κ1) is 12.3. The van der Waals surface area contributed by atoms with Gasteiger partial charge in [0.1, 0.15) is 0 Å². The third-order valence-corrected chi connectivity index (χ3v) is 3.16. The van der Waals surface area contributed by atoms with E-state index in [1.165, 1.54) is 12.8 Å². The van der Waals surface area contributed by atoms with Crippen molar-refractivity contribution in [2.45, 2.75) is 19.4 Å².